The number of hydrogen-bond acceptors (Lipinski definition) is 6. The number of hydrogen-bond donors (Lipinski definition) is 2. The molecule has 1 saturated carbocycles. The van der Waals surface area contributed by atoms with Gasteiger partial charge in [0.1, 0.15) is 15.9 Å². The van der Waals surface area contributed by atoms with E-state index < -0.39 is 16.1 Å². The first-order valence-corrected chi connectivity index (χ1v) is 8.18. The molecule has 6 nitrogen and oxygen atoms in total. The van der Waals surface area contributed by atoms with E-state index in [4.69, 9.17) is 0 Å². The Bertz CT molecular complexity index is 694. The van der Waals surface area contributed by atoms with Gasteiger partial charge in [-0.2, -0.15) is 8.75 Å². The van der Waals surface area contributed by atoms with Gasteiger partial charge in [0.25, 0.3) is 0 Å². The van der Waals surface area contributed by atoms with Crippen LogP contribution in [0.15, 0.2) is 23.1 Å². The summed E-state index contributed by atoms with van der Waals surface area (Å²) in [5.74, 6) is 0.236. The molecule has 8 heteroatoms. The van der Waals surface area contributed by atoms with Gasteiger partial charge in [0.05, 0.1) is 17.8 Å². The predicted octanol–water partition coefficient (Wildman–Crippen LogP) is 0.740. The van der Waals surface area contributed by atoms with Crippen LogP contribution in [0.5, 0.6) is 0 Å². The van der Waals surface area contributed by atoms with Crippen molar-refractivity contribution < 1.29 is 13.5 Å². The number of nitrogens with zero attached hydrogens (tertiary/aromatic N) is 2. The van der Waals surface area contributed by atoms with Gasteiger partial charge in [-0.15, -0.1) is 0 Å². The van der Waals surface area contributed by atoms with Crippen LogP contribution in [0.25, 0.3) is 11.0 Å². The monoisotopic (exact) mass is 299 g/mol. The number of rotatable bonds is 5. The number of benzene rings is 1. The minimum atomic E-state index is -3.66. The number of aliphatic hydroxyl groups is 1. The fourth-order valence-corrected chi connectivity index (χ4v) is 3.73. The van der Waals surface area contributed by atoms with E-state index in [0.29, 0.717) is 11.0 Å². The maximum Gasteiger partial charge on any atom is 0.242 e. The zero-order valence-electron chi connectivity index (χ0n) is 9.98. The quantitative estimate of drug-likeness (QED) is 0.849. The molecule has 1 aliphatic rings. The van der Waals surface area contributed by atoms with Crippen LogP contribution in [-0.2, 0) is 10.0 Å². The molecule has 0 amide bonds. The van der Waals surface area contributed by atoms with Gasteiger partial charge < -0.3 is 5.11 Å². The van der Waals surface area contributed by atoms with Crippen molar-refractivity contribution in [1.82, 2.24) is 13.5 Å². The second-order valence-corrected chi connectivity index (χ2v) is 6.91. The molecule has 1 aromatic heterocycles. The summed E-state index contributed by atoms with van der Waals surface area (Å²) in [6, 6.07) is 4.85. The summed E-state index contributed by atoms with van der Waals surface area (Å²) in [5, 5.41) is 9.72. The molecule has 102 valence electrons. The lowest BCUT2D eigenvalue weighted by molar-refractivity contribution is 0.155. The van der Waals surface area contributed by atoms with Crippen molar-refractivity contribution in [1.29, 1.82) is 0 Å². The third-order valence-corrected chi connectivity index (χ3v) is 5.18. The number of sulfonamides is 1. The van der Waals surface area contributed by atoms with Gasteiger partial charge in [0.2, 0.25) is 10.0 Å². The SMILES string of the molecule is O=S(=O)(NCC(O)C1CC1)c1cccc2nsnc12. The summed E-state index contributed by atoms with van der Waals surface area (Å²) >= 11 is 0.981. The Morgan fingerprint density at radius 1 is 1.42 bits per heavy atom. The summed E-state index contributed by atoms with van der Waals surface area (Å²) in [7, 11) is -3.66. The number of nitrogens with one attached hydrogen (secondary N) is 1. The Balaban J connectivity index is 1.84. The van der Waals surface area contributed by atoms with Crippen LogP contribution in [0.2, 0.25) is 0 Å². The minimum absolute atomic E-state index is 0.0426. The zero-order valence-corrected chi connectivity index (χ0v) is 11.6. The molecule has 0 spiro atoms. The molecular weight excluding hydrogens is 286 g/mol. The lowest BCUT2D eigenvalue weighted by atomic mass is 10.2. The van der Waals surface area contributed by atoms with E-state index in [0.717, 1.165) is 24.6 Å². The van der Waals surface area contributed by atoms with Crippen LogP contribution in [-0.4, -0.2) is 34.9 Å². The summed E-state index contributed by atoms with van der Waals surface area (Å²) < 4.78 is 34.9. The molecule has 1 unspecified atom stereocenters. The average Bonchev–Trinajstić information content (AvgIpc) is 3.13. The molecule has 19 heavy (non-hydrogen) atoms. The Hall–Kier alpha value is -1.09. The van der Waals surface area contributed by atoms with Gasteiger partial charge in [0, 0.05) is 6.54 Å². The Labute approximate surface area is 114 Å². The molecule has 2 N–H and O–H groups in total. The van der Waals surface area contributed by atoms with Gasteiger partial charge in [-0.25, -0.2) is 13.1 Å². The molecule has 3 rings (SSSR count). The standard InChI is InChI=1S/C11H13N3O3S2/c15-9(7-4-5-7)6-12-19(16,17)10-3-1-2-8-11(10)14-18-13-8/h1-3,7,9,12,15H,4-6H2. The molecule has 0 saturated heterocycles. The highest BCUT2D eigenvalue weighted by atomic mass is 32.2. The first-order valence-electron chi connectivity index (χ1n) is 5.97. The third kappa shape index (κ3) is 2.62. The van der Waals surface area contributed by atoms with Crippen molar-refractivity contribution in [2.45, 2.75) is 23.8 Å². The maximum absolute atomic E-state index is 12.2. The Morgan fingerprint density at radius 3 is 2.95 bits per heavy atom. The van der Waals surface area contributed by atoms with Crippen molar-refractivity contribution in [3.05, 3.63) is 18.2 Å². The molecule has 1 fully saturated rings. The Morgan fingerprint density at radius 2 is 2.21 bits per heavy atom. The van der Waals surface area contributed by atoms with Gasteiger partial charge in [-0.3, -0.25) is 0 Å². The normalized spacial score (nSPS) is 17.7. The molecular formula is C11H13N3O3S2. The van der Waals surface area contributed by atoms with E-state index in [1.54, 1.807) is 12.1 Å². The van der Waals surface area contributed by atoms with E-state index >= 15 is 0 Å². The zero-order chi connectivity index (χ0) is 13.5. The maximum atomic E-state index is 12.2. The van der Waals surface area contributed by atoms with E-state index in [2.05, 4.69) is 13.5 Å². The van der Waals surface area contributed by atoms with E-state index in [1.807, 2.05) is 0 Å². The molecule has 1 aliphatic carbocycles. The van der Waals surface area contributed by atoms with E-state index in [9.17, 15) is 13.5 Å². The number of fused-ring (bicyclic) bond motifs is 1. The summed E-state index contributed by atoms with van der Waals surface area (Å²) in [6.07, 6.45) is 1.32. The molecule has 0 bridgehead atoms. The molecule has 1 atom stereocenters. The smallest absolute Gasteiger partial charge is 0.242 e. The molecule has 0 radical (unpaired) electrons. The first-order chi connectivity index (χ1) is 9.08. The van der Waals surface area contributed by atoms with Crippen LogP contribution in [0.4, 0.5) is 0 Å². The fraction of sp³-hybridized carbons (Fsp3) is 0.455. The average molecular weight is 299 g/mol. The number of aliphatic hydroxyl groups excluding tert-OH is 1. The van der Waals surface area contributed by atoms with Crippen LogP contribution < -0.4 is 4.72 Å². The molecule has 0 aliphatic heterocycles. The van der Waals surface area contributed by atoms with Crippen LogP contribution in [0, 0.1) is 5.92 Å². The summed E-state index contributed by atoms with van der Waals surface area (Å²) in [6.45, 7) is 0.0426. The van der Waals surface area contributed by atoms with Gasteiger partial charge in [-0.05, 0) is 30.9 Å². The lowest BCUT2D eigenvalue weighted by Crippen LogP contribution is -2.33. The van der Waals surface area contributed by atoms with Crippen LogP contribution >= 0.6 is 11.7 Å². The Kier molecular flexibility index (Phi) is 3.25. The lowest BCUT2D eigenvalue weighted by Gasteiger charge is -2.11. The van der Waals surface area contributed by atoms with Gasteiger partial charge >= 0.3 is 0 Å². The van der Waals surface area contributed by atoms with Crippen molar-refractivity contribution >= 4 is 32.8 Å². The van der Waals surface area contributed by atoms with Gasteiger partial charge in [-0.1, -0.05) is 6.07 Å². The second-order valence-electron chi connectivity index (χ2n) is 4.64. The predicted molar refractivity (Wildman–Crippen MR) is 71.3 cm³/mol. The first kappa shape index (κ1) is 12.9. The fourth-order valence-electron chi connectivity index (χ4n) is 1.92. The topological polar surface area (TPSA) is 92.2 Å². The van der Waals surface area contributed by atoms with Crippen LogP contribution in [0.3, 0.4) is 0 Å². The van der Waals surface area contributed by atoms with Crippen molar-refractivity contribution in [2.75, 3.05) is 6.54 Å². The summed E-state index contributed by atoms with van der Waals surface area (Å²) in [4.78, 5) is 0.113. The largest absolute Gasteiger partial charge is 0.391 e. The molecule has 1 heterocycles. The number of aromatic nitrogens is 2. The van der Waals surface area contributed by atoms with Crippen molar-refractivity contribution in [3.8, 4) is 0 Å². The van der Waals surface area contributed by atoms with Crippen LogP contribution in [0.1, 0.15) is 12.8 Å². The molecule has 2 aromatic rings. The van der Waals surface area contributed by atoms with E-state index in [1.165, 1.54) is 6.07 Å². The highest BCUT2D eigenvalue weighted by molar-refractivity contribution is 7.89. The van der Waals surface area contributed by atoms with Crippen molar-refractivity contribution in [3.63, 3.8) is 0 Å². The summed E-state index contributed by atoms with van der Waals surface area (Å²) in [5.41, 5.74) is 0.941. The minimum Gasteiger partial charge on any atom is -0.391 e. The van der Waals surface area contributed by atoms with E-state index in [-0.39, 0.29) is 17.4 Å². The molecule has 1 aromatic carbocycles. The van der Waals surface area contributed by atoms with Gasteiger partial charge in [0.15, 0.2) is 0 Å². The second kappa shape index (κ2) is 4.78. The third-order valence-electron chi connectivity index (χ3n) is 3.19. The van der Waals surface area contributed by atoms with Crippen molar-refractivity contribution in [2.24, 2.45) is 5.92 Å². The highest BCUT2D eigenvalue weighted by Gasteiger charge is 2.31. The highest BCUT2D eigenvalue weighted by Crippen LogP contribution is 2.32.